The zero-order chi connectivity index (χ0) is 18.9. The summed E-state index contributed by atoms with van der Waals surface area (Å²) in [5, 5.41) is 3.98. The number of carbonyl (C=O) groups excluding carboxylic acids is 2. The summed E-state index contributed by atoms with van der Waals surface area (Å²) in [6, 6.07) is 0. The lowest BCUT2D eigenvalue weighted by molar-refractivity contribution is -0.221. The third-order valence-electron chi connectivity index (χ3n) is 5.15. The van der Waals surface area contributed by atoms with Gasteiger partial charge in [-0.05, 0) is 38.0 Å². The Morgan fingerprint density at radius 1 is 1.23 bits per heavy atom. The number of halogens is 3. The van der Waals surface area contributed by atoms with Gasteiger partial charge in [0.05, 0.1) is 0 Å². The van der Waals surface area contributed by atoms with E-state index in [9.17, 15) is 22.8 Å². The van der Waals surface area contributed by atoms with E-state index in [1.165, 1.54) is 23.2 Å². The molecule has 0 spiro atoms. The predicted octanol–water partition coefficient (Wildman–Crippen LogP) is 2.76. The van der Waals surface area contributed by atoms with Crippen LogP contribution in [0.4, 0.5) is 13.2 Å². The molecule has 10 heteroatoms. The summed E-state index contributed by atoms with van der Waals surface area (Å²) in [7, 11) is 0. The number of thioether (sulfide) groups is 1. The average Bonchev–Trinajstić information content (AvgIpc) is 2.91. The maximum atomic E-state index is 12.5. The average molecular weight is 393 g/mol. The summed E-state index contributed by atoms with van der Waals surface area (Å²) in [6.07, 6.45) is 2.99. The summed E-state index contributed by atoms with van der Waals surface area (Å²) in [5.41, 5.74) is -2.36. The minimum Gasteiger partial charge on any atom is -0.442 e. The van der Waals surface area contributed by atoms with Crippen LogP contribution in [0.5, 0.6) is 0 Å². The van der Waals surface area contributed by atoms with Gasteiger partial charge in [-0.15, -0.1) is 0 Å². The van der Waals surface area contributed by atoms with Crippen LogP contribution in [0, 0.1) is 5.92 Å². The lowest BCUT2D eigenvalue weighted by Crippen LogP contribution is -2.59. The molecule has 0 radical (unpaired) electrons. The molecule has 2 aliphatic carbocycles. The molecule has 146 valence electrons. The Morgan fingerprint density at radius 3 is 2.42 bits per heavy atom. The van der Waals surface area contributed by atoms with Crippen molar-refractivity contribution in [3.8, 4) is 0 Å². The minimum atomic E-state index is -5.12. The summed E-state index contributed by atoms with van der Waals surface area (Å²) in [5.74, 6) is 3.27. The molecule has 2 saturated carbocycles. The normalized spacial score (nSPS) is 26.1. The van der Waals surface area contributed by atoms with Crippen LogP contribution in [0.15, 0.2) is 11.1 Å². The molecule has 1 heterocycles. The molecule has 2 fully saturated rings. The zero-order valence-electron chi connectivity index (χ0n) is 14.2. The SMILES string of the molecule is NN1C=C(C2CCCCC2)SC1NC(=O)C1(OC(=O)C(F)(F)F)CCC1. The van der Waals surface area contributed by atoms with Crippen molar-refractivity contribution in [1.82, 2.24) is 10.3 Å². The number of ether oxygens (including phenoxy) is 1. The first-order valence-electron chi connectivity index (χ1n) is 8.74. The molecule has 3 aliphatic rings. The molecule has 6 nitrogen and oxygen atoms in total. The highest BCUT2D eigenvalue weighted by molar-refractivity contribution is 8.03. The van der Waals surface area contributed by atoms with Crippen molar-refractivity contribution in [2.45, 2.75) is 68.6 Å². The molecule has 0 aromatic heterocycles. The Hall–Kier alpha value is -1.42. The van der Waals surface area contributed by atoms with Crippen molar-refractivity contribution < 1.29 is 27.5 Å². The number of rotatable bonds is 4. The van der Waals surface area contributed by atoms with Gasteiger partial charge in [-0.1, -0.05) is 31.0 Å². The molecule has 26 heavy (non-hydrogen) atoms. The number of hydrazine groups is 1. The number of nitrogens with one attached hydrogen (secondary N) is 1. The van der Waals surface area contributed by atoms with E-state index in [1.807, 2.05) is 0 Å². The number of hydrogen-bond acceptors (Lipinski definition) is 6. The zero-order valence-corrected chi connectivity index (χ0v) is 15.0. The van der Waals surface area contributed by atoms with Gasteiger partial charge in [-0.3, -0.25) is 9.80 Å². The molecular weight excluding hydrogens is 371 g/mol. The summed E-state index contributed by atoms with van der Waals surface area (Å²) in [4.78, 5) is 24.8. The van der Waals surface area contributed by atoms with E-state index in [0.717, 1.165) is 30.6 Å². The van der Waals surface area contributed by atoms with E-state index < -0.39 is 29.2 Å². The molecule has 0 aromatic carbocycles. The van der Waals surface area contributed by atoms with Gasteiger partial charge in [0.2, 0.25) is 0 Å². The molecule has 1 atom stereocenters. The fraction of sp³-hybridized carbons (Fsp3) is 0.750. The van der Waals surface area contributed by atoms with Gasteiger partial charge in [0.25, 0.3) is 5.91 Å². The Labute approximate surface area is 153 Å². The maximum absolute atomic E-state index is 12.5. The van der Waals surface area contributed by atoms with Crippen molar-refractivity contribution in [1.29, 1.82) is 0 Å². The van der Waals surface area contributed by atoms with Gasteiger partial charge in [0.15, 0.2) is 11.1 Å². The van der Waals surface area contributed by atoms with Crippen LogP contribution in [-0.2, 0) is 14.3 Å². The summed E-state index contributed by atoms with van der Waals surface area (Å²) < 4.78 is 42.0. The second-order valence-electron chi connectivity index (χ2n) is 6.99. The molecule has 0 saturated heterocycles. The number of carbonyl (C=O) groups is 2. The summed E-state index contributed by atoms with van der Waals surface area (Å²) >= 11 is 1.40. The monoisotopic (exact) mass is 393 g/mol. The number of nitrogens with two attached hydrogens (primary N) is 1. The number of allylic oxidation sites excluding steroid dienone is 1. The third-order valence-corrected chi connectivity index (χ3v) is 6.45. The molecule has 1 amide bonds. The fourth-order valence-corrected chi connectivity index (χ4v) is 4.70. The van der Waals surface area contributed by atoms with Crippen LogP contribution >= 0.6 is 11.8 Å². The fourth-order valence-electron chi connectivity index (χ4n) is 3.48. The van der Waals surface area contributed by atoms with E-state index in [1.54, 1.807) is 6.20 Å². The smallest absolute Gasteiger partial charge is 0.442 e. The lowest BCUT2D eigenvalue weighted by atomic mass is 9.79. The summed E-state index contributed by atoms with van der Waals surface area (Å²) in [6.45, 7) is 0. The van der Waals surface area contributed by atoms with Gasteiger partial charge < -0.3 is 10.1 Å². The molecule has 3 N–H and O–H groups in total. The van der Waals surface area contributed by atoms with Crippen LogP contribution in [0.25, 0.3) is 0 Å². The molecule has 3 rings (SSSR count). The van der Waals surface area contributed by atoms with Gasteiger partial charge in [-0.2, -0.15) is 13.2 Å². The lowest BCUT2D eigenvalue weighted by Gasteiger charge is -2.40. The molecule has 1 unspecified atom stereocenters. The second kappa shape index (κ2) is 7.30. The Bertz CT molecular complexity index is 601. The van der Waals surface area contributed by atoms with Crippen LogP contribution < -0.4 is 11.2 Å². The maximum Gasteiger partial charge on any atom is 0.490 e. The van der Waals surface area contributed by atoms with Crippen molar-refractivity contribution in [3.63, 3.8) is 0 Å². The topological polar surface area (TPSA) is 84.7 Å². The Morgan fingerprint density at radius 2 is 1.88 bits per heavy atom. The second-order valence-corrected chi connectivity index (χ2v) is 8.15. The van der Waals surface area contributed by atoms with Crippen LogP contribution in [0.2, 0.25) is 0 Å². The van der Waals surface area contributed by atoms with Crippen molar-refractivity contribution in [2.24, 2.45) is 11.8 Å². The minimum absolute atomic E-state index is 0.0749. The first kappa shape index (κ1) is 19.3. The quantitative estimate of drug-likeness (QED) is 0.564. The van der Waals surface area contributed by atoms with E-state index in [4.69, 9.17) is 5.84 Å². The van der Waals surface area contributed by atoms with Gasteiger partial charge in [0.1, 0.15) is 0 Å². The van der Waals surface area contributed by atoms with E-state index in [0.29, 0.717) is 12.3 Å². The Balaban J connectivity index is 1.59. The van der Waals surface area contributed by atoms with Gasteiger partial charge >= 0.3 is 12.1 Å². The number of nitrogens with zero attached hydrogens (tertiary/aromatic N) is 1. The van der Waals surface area contributed by atoms with Gasteiger partial charge in [-0.25, -0.2) is 10.6 Å². The standard InChI is InChI=1S/C16H22F3N3O3S/c17-16(18,19)13(24)25-15(7-4-8-15)12(23)21-14-22(20)9-11(26-14)10-5-2-1-3-6-10/h9-10,14H,1-8,20H2,(H,21,23). The van der Waals surface area contributed by atoms with Crippen LogP contribution in [0.1, 0.15) is 51.4 Å². The number of hydrogen-bond donors (Lipinski definition) is 2. The molecular formula is C16H22F3N3O3S. The van der Waals surface area contributed by atoms with Crippen LogP contribution in [-0.4, -0.2) is 34.2 Å². The number of alkyl halides is 3. The van der Waals surface area contributed by atoms with Crippen molar-refractivity contribution in [2.75, 3.05) is 0 Å². The third kappa shape index (κ3) is 3.95. The Kier molecular flexibility index (Phi) is 5.43. The highest BCUT2D eigenvalue weighted by atomic mass is 32.2. The van der Waals surface area contributed by atoms with E-state index in [2.05, 4.69) is 10.1 Å². The first-order valence-corrected chi connectivity index (χ1v) is 9.62. The highest BCUT2D eigenvalue weighted by Crippen LogP contribution is 2.42. The largest absolute Gasteiger partial charge is 0.490 e. The van der Waals surface area contributed by atoms with E-state index >= 15 is 0 Å². The number of amides is 1. The first-order chi connectivity index (χ1) is 12.2. The molecule has 0 bridgehead atoms. The van der Waals surface area contributed by atoms with Crippen LogP contribution in [0.3, 0.4) is 0 Å². The van der Waals surface area contributed by atoms with Gasteiger partial charge in [0, 0.05) is 11.1 Å². The highest BCUT2D eigenvalue weighted by Gasteiger charge is 2.54. The molecule has 0 aromatic rings. The van der Waals surface area contributed by atoms with Crippen molar-refractivity contribution >= 4 is 23.6 Å². The van der Waals surface area contributed by atoms with E-state index in [-0.39, 0.29) is 12.8 Å². The molecule has 1 aliphatic heterocycles. The van der Waals surface area contributed by atoms with Crippen molar-refractivity contribution in [3.05, 3.63) is 11.1 Å². The number of esters is 1. The predicted molar refractivity (Wildman–Crippen MR) is 88.9 cm³/mol.